The fourth-order valence-electron chi connectivity index (χ4n) is 0.929. The van der Waals surface area contributed by atoms with Gasteiger partial charge in [0.25, 0.3) is 0 Å². The van der Waals surface area contributed by atoms with E-state index in [-0.39, 0.29) is 0 Å². The van der Waals surface area contributed by atoms with Crippen LogP contribution in [0.25, 0.3) is 0 Å². The van der Waals surface area contributed by atoms with Crippen LogP contribution in [0.2, 0.25) is 6.04 Å². The maximum Gasteiger partial charge on any atom is 0.190 e. The van der Waals surface area contributed by atoms with Crippen LogP contribution in [0.4, 0.5) is 0 Å². The number of unbranched alkanes of at least 4 members (excludes halogenated alkanes) is 3. The Kier molecular flexibility index (Phi) is 7.24. The van der Waals surface area contributed by atoms with E-state index in [1.165, 1.54) is 35.5 Å². The first-order valence-corrected chi connectivity index (χ1v) is 6.68. The summed E-state index contributed by atoms with van der Waals surface area (Å²) in [5, 5.41) is 0. The fraction of sp³-hybridized carbons (Fsp3) is 1.00. The Balaban J connectivity index is 3.02. The lowest BCUT2D eigenvalue weighted by atomic mass is 10.2. The molecule has 0 atom stereocenters. The van der Waals surface area contributed by atoms with Crippen molar-refractivity contribution in [1.82, 2.24) is 0 Å². The number of halogens is 3. The number of hydrogen-bond donors (Lipinski definition) is 0. The molecule has 0 nitrogen and oxygen atoms in total. The molecular formula is C7H15Cl3Si. The molecule has 0 rings (SSSR count). The van der Waals surface area contributed by atoms with Crippen molar-refractivity contribution in [3.63, 3.8) is 0 Å². The summed E-state index contributed by atoms with van der Waals surface area (Å²) in [6, 6.07) is 1.40. The second-order valence-electron chi connectivity index (χ2n) is 2.78. The van der Waals surface area contributed by atoms with Crippen molar-refractivity contribution in [1.29, 1.82) is 0 Å². The van der Waals surface area contributed by atoms with E-state index in [1.54, 1.807) is 0 Å². The van der Waals surface area contributed by atoms with E-state index in [1.807, 2.05) is 0 Å². The highest BCUT2D eigenvalue weighted by atomic mass is 35.6. The zero-order valence-electron chi connectivity index (χ0n) is 6.88. The molecule has 0 saturated heterocycles. The van der Waals surface area contributed by atoms with E-state index in [0.717, 1.165) is 6.42 Å². The third-order valence-corrected chi connectivity index (χ3v) is 2.84. The van der Waals surface area contributed by atoms with Crippen LogP contribution in [-0.4, -0.2) is 14.0 Å². The Bertz CT molecular complexity index is 90.2. The van der Waals surface area contributed by atoms with Crippen molar-refractivity contribution >= 4 is 45.0 Å². The SMILES string of the molecule is [SiH3]CCCCCCC(Cl)(Cl)Cl. The maximum absolute atomic E-state index is 5.58. The molecule has 0 heterocycles. The monoisotopic (exact) mass is 232 g/mol. The highest BCUT2D eigenvalue weighted by Crippen LogP contribution is 2.32. The zero-order chi connectivity index (χ0) is 8.74. The molecule has 0 aromatic carbocycles. The molecule has 0 spiro atoms. The molecular weight excluding hydrogens is 219 g/mol. The topological polar surface area (TPSA) is 0 Å². The van der Waals surface area contributed by atoms with E-state index in [4.69, 9.17) is 34.8 Å². The average Bonchev–Trinajstić information content (AvgIpc) is 1.85. The number of alkyl halides is 3. The molecule has 0 fully saturated rings. The summed E-state index contributed by atoms with van der Waals surface area (Å²) in [6.07, 6.45) is 5.59. The van der Waals surface area contributed by atoms with Crippen LogP contribution >= 0.6 is 34.8 Å². The van der Waals surface area contributed by atoms with Crippen molar-refractivity contribution in [3.05, 3.63) is 0 Å². The molecule has 0 radical (unpaired) electrons. The van der Waals surface area contributed by atoms with Gasteiger partial charge in [-0.3, -0.25) is 0 Å². The van der Waals surface area contributed by atoms with Crippen molar-refractivity contribution in [2.75, 3.05) is 0 Å². The summed E-state index contributed by atoms with van der Waals surface area (Å²) in [6.45, 7) is 0. The maximum atomic E-state index is 5.58. The van der Waals surface area contributed by atoms with Crippen LogP contribution in [0, 0.1) is 0 Å². The van der Waals surface area contributed by atoms with E-state index >= 15 is 0 Å². The Hall–Kier alpha value is 1.09. The van der Waals surface area contributed by atoms with Crippen molar-refractivity contribution in [2.24, 2.45) is 0 Å². The number of hydrogen-bond acceptors (Lipinski definition) is 0. The molecule has 0 bridgehead atoms. The molecule has 0 N–H and O–H groups in total. The van der Waals surface area contributed by atoms with E-state index in [2.05, 4.69) is 0 Å². The van der Waals surface area contributed by atoms with Gasteiger partial charge in [0.15, 0.2) is 3.79 Å². The second kappa shape index (κ2) is 6.59. The first-order valence-electron chi connectivity index (χ1n) is 4.13. The lowest BCUT2D eigenvalue weighted by Crippen LogP contribution is -2.00. The Morgan fingerprint density at radius 1 is 0.909 bits per heavy atom. The Morgan fingerprint density at radius 3 is 1.91 bits per heavy atom. The first-order chi connectivity index (χ1) is 5.06. The van der Waals surface area contributed by atoms with Gasteiger partial charge in [0.05, 0.1) is 0 Å². The van der Waals surface area contributed by atoms with Crippen molar-refractivity contribution < 1.29 is 0 Å². The lowest BCUT2D eigenvalue weighted by molar-refractivity contribution is 0.639. The van der Waals surface area contributed by atoms with Crippen molar-refractivity contribution in [2.45, 2.75) is 41.9 Å². The van der Waals surface area contributed by atoms with E-state index in [0.29, 0.717) is 6.42 Å². The van der Waals surface area contributed by atoms with Crippen LogP contribution in [-0.2, 0) is 0 Å². The highest BCUT2D eigenvalue weighted by Gasteiger charge is 2.17. The van der Waals surface area contributed by atoms with E-state index in [9.17, 15) is 0 Å². The highest BCUT2D eigenvalue weighted by molar-refractivity contribution is 6.67. The quantitative estimate of drug-likeness (QED) is 0.389. The molecule has 0 amide bonds. The van der Waals surface area contributed by atoms with Gasteiger partial charge in [-0.1, -0.05) is 60.1 Å². The Labute approximate surface area is 87.0 Å². The molecule has 0 saturated carbocycles. The van der Waals surface area contributed by atoms with Gasteiger partial charge >= 0.3 is 0 Å². The standard InChI is InChI=1S/C7H15Cl3Si/c8-7(9,10)5-3-1-2-4-6-11/h1-6H2,11H3. The van der Waals surface area contributed by atoms with Crippen LogP contribution in [0.1, 0.15) is 32.1 Å². The minimum absolute atomic E-state index is 0.693. The smallest absolute Gasteiger partial charge is 0.0837 e. The summed E-state index contributed by atoms with van der Waals surface area (Å²) in [4.78, 5) is 0. The second-order valence-corrected chi connectivity index (χ2v) is 6.30. The van der Waals surface area contributed by atoms with Crippen LogP contribution in [0.3, 0.4) is 0 Å². The molecule has 0 aliphatic rings. The normalized spacial score (nSPS) is 12.3. The largest absolute Gasteiger partial charge is 0.190 e. The molecule has 0 aromatic rings. The van der Waals surface area contributed by atoms with Crippen LogP contribution in [0.15, 0.2) is 0 Å². The minimum atomic E-state index is -1.03. The van der Waals surface area contributed by atoms with Gasteiger partial charge in [0, 0.05) is 10.2 Å². The number of rotatable bonds is 5. The van der Waals surface area contributed by atoms with Crippen LogP contribution in [0.5, 0.6) is 0 Å². The van der Waals surface area contributed by atoms with Gasteiger partial charge in [0.2, 0.25) is 0 Å². The zero-order valence-corrected chi connectivity index (χ0v) is 11.1. The Morgan fingerprint density at radius 2 is 1.45 bits per heavy atom. The summed E-state index contributed by atoms with van der Waals surface area (Å²) in [7, 11) is 1.32. The fourth-order valence-corrected chi connectivity index (χ4v) is 1.83. The van der Waals surface area contributed by atoms with Gasteiger partial charge in [-0.15, -0.1) is 0 Å². The van der Waals surface area contributed by atoms with E-state index < -0.39 is 3.79 Å². The molecule has 68 valence electrons. The molecule has 0 unspecified atom stereocenters. The molecule has 0 aliphatic heterocycles. The summed E-state index contributed by atoms with van der Waals surface area (Å²) >= 11 is 16.8. The molecule has 11 heavy (non-hydrogen) atoms. The summed E-state index contributed by atoms with van der Waals surface area (Å²) < 4.78 is -1.03. The third-order valence-electron chi connectivity index (χ3n) is 1.56. The van der Waals surface area contributed by atoms with Crippen molar-refractivity contribution in [3.8, 4) is 0 Å². The third kappa shape index (κ3) is 11.1. The van der Waals surface area contributed by atoms with Crippen LogP contribution < -0.4 is 0 Å². The van der Waals surface area contributed by atoms with Gasteiger partial charge in [-0.25, -0.2) is 0 Å². The molecule has 0 aromatic heterocycles. The van der Waals surface area contributed by atoms with Gasteiger partial charge in [-0.05, 0) is 12.8 Å². The minimum Gasteiger partial charge on any atom is -0.0837 e. The summed E-state index contributed by atoms with van der Waals surface area (Å²) in [5.41, 5.74) is 0. The average molecular weight is 234 g/mol. The summed E-state index contributed by atoms with van der Waals surface area (Å²) in [5.74, 6) is 0. The van der Waals surface area contributed by atoms with Gasteiger partial charge in [-0.2, -0.15) is 0 Å². The molecule has 4 heteroatoms. The lowest BCUT2D eigenvalue weighted by Gasteiger charge is -2.09. The van der Waals surface area contributed by atoms with Gasteiger partial charge < -0.3 is 0 Å². The predicted molar refractivity (Wildman–Crippen MR) is 58.1 cm³/mol. The first kappa shape index (κ1) is 12.1. The predicted octanol–water partition coefficient (Wildman–Crippen LogP) is 3.09. The van der Waals surface area contributed by atoms with Gasteiger partial charge in [0.1, 0.15) is 0 Å². The molecule has 0 aliphatic carbocycles.